The van der Waals surface area contributed by atoms with Gasteiger partial charge in [0.25, 0.3) is 0 Å². The highest BCUT2D eigenvalue weighted by atomic mass is 16.5. The average molecular weight is 279 g/mol. The fraction of sp³-hybridized carbons (Fsp3) is 0.643. The summed E-state index contributed by atoms with van der Waals surface area (Å²) < 4.78 is 5.69. The van der Waals surface area contributed by atoms with Crippen molar-refractivity contribution in [2.45, 2.75) is 44.8 Å². The molecule has 6 heteroatoms. The number of rotatable bonds is 5. The molecule has 0 bridgehead atoms. The van der Waals surface area contributed by atoms with E-state index in [1.54, 1.807) is 25.4 Å². The SMILES string of the molecule is CC(CO)NC(=O)C1CCC(Oc2ncccn2)CC1. The van der Waals surface area contributed by atoms with Gasteiger partial charge >= 0.3 is 6.01 Å². The van der Waals surface area contributed by atoms with Crippen LogP contribution in [0.25, 0.3) is 0 Å². The van der Waals surface area contributed by atoms with Gasteiger partial charge in [0.2, 0.25) is 5.91 Å². The maximum atomic E-state index is 11.9. The average Bonchev–Trinajstić information content (AvgIpc) is 2.49. The van der Waals surface area contributed by atoms with Gasteiger partial charge < -0.3 is 15.2 Å². The van der Waals surface area contributed by atoms with E-state index in [-0.39, 0.29) is 30.6 Å². The van der Waals surface area contributed by atoms with Crippen LogP contribution in [0.15, 0.2) is 18.5 Å². The largest absolute Gasteiger partial charge is 0.460 e. The Morgan fingerprint density at radius 2 is 2.05 bits per heavy atom. The number of carbonyl (C=O) groups is 1. The molecule has 20 heavy (non-hydrogen) atoms. The number of nitrogens with one attached hydrogen (secondary N) is 1. The second kappa shape index (κ2) is 7.19. The molecule has 1 saturated carbocycles. The molecule has 1 aromatic rings. The first kappa shape index (κ1) is 14.7. The van der Waals surface area contributed by atoms with Gasteiger partial charge in [0, 0.05) is 24.4 Å². The van der Waals surface area contributed by atoms with Crippen molar-refractivity contribution in [2.75, 3.05) is 6.61 Å². The number of carbonyl (C=O) groups excluding carboxylic acids is 1. The normalized spacial score (nSPS) is 23.9. The van der Waals surface area contributed by atoms with E-state index >= 15 is 0 Å². The van der Waals surface area contributed by atoms with Crippen LogP contribution in [0.3, 0.4) is 0 Å². The molecular formula is C14H21N3O3. The Bertz CT molecular complexity index is 419. The second-order valence-corrected chi connectivity index (χ2v) is 5.22. The molecule has 1 aliphatic rings. The highest BCUT2D eigenvalue weighted by molar-refractivity contribution is 5.79. The Balaban J connectivity index is 1.76. The van der Waals surface area contributed by atoms with E-state index in [1.165, 1.54) is 0 Å². The maximum Gasteiger partial charge on any atom is 0.316 e. The van der Waals surface area contributed by atoms with E-state index in [0.29, 0.717) is 6.01 Å². The third-order valence-corrected chi connectivity index (χ3v) is 3.52. The van der Waals surface area contributed by atoms with Crippen molar-refractivity contribution >= 4 is 5.91 Å². The molecule has 0 aromatic carbocycles. The molecule has 2 rings (SSSR count). The molecule has 1 aliphatic carbocycles. The van der Waals surface area contributed by atoms with Gasteiger partial charge in [-0.3, -0.25) is 4.79 Å². The third-order valence-electron chi connectivity index (χ3n) is 3.52. The van der Waals surface area contributed by atoms with Crippen LogP contribution in [0.4, 0.5) is 0 Å². The standard InChI is InChI=1S/C14H21N3O3/c1-10(9-18)17-13(19)11-3-5-12(6-4-11)20-14-15-7-2-8-16-14/h2,7-8,10-12,18H,3-6,9H2,1H3,(H,17,19). The first-order chi connectivity index (χ1) is 9.69. The monoisotopic (exact) mass is 279 g/mol. The van der Waals surface area contributed by atoms with E-state index in [1.807, 2.05) is 0 Å². The van der Waals surface area contributed by atoms with Crippen LogP contribution < -0.4 is 10.1 Å². The molecule has 0 radical (unpaired) electrons. The molecule has 0 spiro atoms. The van der Waals surface area contributed by atoms with Gasteiger partial charge in [-0.1, -0.05) is 0 Å². The predicted octanol–water partition coefficient (Wildman–Crippen LogP) is 0.911. The van der Waals surface area contributed by atoms with Crippen LogP contribution in [0.2, 0.25) is 0 Å². The van der Waals surface area contributed by atoms with Gasteiger partial charge in [0.05, 0.1) is 6.61 Å². The molecule has 1 atom stereocenters. The summed E-state index contributed by atoms with van der Waals surface area (Å²) in [7, 11) is 0. The first-order valence-electron chi connectivity index (χ1n) is 7.04. The van der Waals surface area contributed by atoms with E-state index < -0.39 is 0 Å². The van der Waals surface area contributed by atoms with Gasteiger partial charge in [0.15, 0.2) is 0 Å². The fourth-order valence-corrected chi connectivity index (χ4v) is 2.34. The quantitative estimate of drug-likeness (QED) is 0.837. The molecule has 1 heterocycles. The Morgan fingerprint density at radius 1 is 1.40 bits per heavy atom. The first-order valence-corrected chi connectivity index (χ1v) is 7.04. The zero-order valence-corrected chi connectivity index (χ0v) is 11.7. The van der Waals surface area contributed by atoms with Crippen molar-refractivity contribution in [3.05, 3.63) is 18.5 Å². The molecule has 2 N–H and O–H groups in total. The smallest absolute Gasteiger partial charge is 0.316 e. The summed E-state index contributed by atoms with van der Waals surface area (Å²) in [4.78, 5) is 20.0. The molecule has 1 fully saturated rings. The Morgan fingerprint density at radius 3 is 2.65 bits per heavy atom. The number of ether oxygens (including phenoxy) is 1. The number of aliphatic hydroxyl groups excluding tert-OH is 1. The summed E-state index contributed by atoms with van der Waals surface area (Å²) in [5.74, 6) is 0.0431. The Kier molecular flexibility index (Phi) is 5.29. The zero-order valence-electron chi connectivity index (χ0n) is 11.7. The van der Waals surface area contributed by atoms with Crippen LogP contribution in [0, 0.1) is 5.92 Å². The molecule has 1 aromatic heterocycles. The topological polar surface area (TPSA) is 84.3 Å². The van der Waals surface area contributed by atoms with Crippen LogP contribution in [0.5, 0.6) is 6.01 Å². The van der Waals surface area contributed by atoms with E-state index in [4.69, 9.17) is 9.84 Å². The van der Waals surface area contributed by atoms with Gasteiger partial charge in [-0.15, -0.1) is 0 Å². The van der Waals surface area contributed by atoms with Crippen molar-refractivity contribution < 1.29 is 14.6 Å². The van der Waals surface area contributed by atoms with Crippen molar-refractivity contribution in [1.82, 2.24) is 15.3 Å². The summed E-state index contributed by atoms with van der Waals surface area (Å²) in [5, 5.41) is 11.7. The molecule has 110 valence electrons. The molecule has 6 nitrogen and oxygen atoms in total. The van der Waals surface area contributed by atoms with Crippen LogP contribution in [-0.4, -0.2) is 39.7 Å². The van der Waals surface area contributed by atoms with E-state index in [2.05, 4.69) is 15.3 Å². The van der Waals surface area contributed by atoms with Crippen LogP contribution >= 0.6 is 0 Å². The highest BCUT2D eigenvalue weighted by Crippen LogP contribution is 2.26. The zero-order chi connectivity index (χ0) is 14.4. The lowest BCUT2D eigenvalue weighted by atomic mass is 9.86. The number of hydrogen-bond acceptors (Lipinski definition) is 5. The lowest BCUT2D eigenvalue weighted by molar-refractivity contribution is -0.127. The molecular weight excluding hydrogens is 258 g/mol. The molecule has 1 unspecified atom stereocenters. The summed E-state index contributed by atoms with van der Waals surface area (Å²) >= 11 is 0. The predicted molar refractivity (Wildman–Crippen MR) is 73.1 cm³/mol. The number of amides is 1. The molecule has 1 amide bonds. The third kappa shape index (κ3) is 4.16. The van der Waals surface area contributed by atoms with Gasteiger partial charge in [-0.2, -0.15) is 0 Å². The number of hydrogen-bond donors (Lipinski definition) is 2. The van der Waals surface area contributed by atoms with Gasteiger partial charge in [0.1, 0.15) is 6.10 Å². The lowest BCUT2D eigenvalue weighted by Gasteiger charge is -2.28. The van der Waals surface area contributed by atoms with E-state index in [0.717, 1.165) is 25.7 Å². The minimum absolute atomic E-state index is 0.0144. The highest BCUT2D eigenvalue weighted by Gasteiger charge is 2.28. The van der Waals surface area contributed by atoms with Crippen molar-refractivity contribution in [3.8, 4) is 6.01 Å². The van der Waals surface area contributed by atoms with Crippen LogP contribution in [-0.2, 0) is 4.79 Å². The fourth-order valence-electron chi connectivity index (χ4n) is 2.34. The molecule has 0 aliphatic heterocycles. The lowest BCUT2D eigenvalue weighted by Crippen LogP contribution is -2.41. The summed E-state index contributed by atoms with van der Waals surface area (Å²) in [6.07, 6.45) is 6.61. The van der Waals surface area contributed by atoms with Crippen molar-refractivity contribution in [2.24, 2.45) is 5.92 Å². The number of nitrogens with zero attached hydrogens (tertiary/aromatic N) is 2. The van der Waals surface area contributed by atoms with Gasteiger partial charge in [-0.05, 0) is 38.7 Å². The van der Waals surface area contributed by atoms with Gasteiger partial charge in [-0.25, -0.2) is 9.97 Å². The molecule has 0 saturated heterocycles. The van der Waals surface area contributed by atoms with Crippen molar-refractivity contribution in [1.29, 1.82) is 0 Å². The minimum atomic E-state index is -0.186. The van der Waals surface area contributed by atoms with Crippen molar-refractivity contribution in [3.63, 3.8) is 0 Å². The Labute approximate surface area is 118 Å². The summed E-state index contributed by atoms with van der Waals surface area (Å²) in [6.45, 7) is 1.76. The van der Waals surface area contributed by atoms with E-state index in [9.17, 15) is 4.79 Å². The minimum Gasteiger partial charge on any atom is -0.460 e. The summed E-state index contributed by atoms with van der Waals surface area (Å²) in [5.41, 5.74) is 0. The Hall–Kier alpha value is -1.69. The second-order valence-electron chi connectivity index (χ2n) is 5.22. The maximum absolute atomic E-state index is 11.9. The summed E-state index contributed by atoms with van der Waals surface area (Å²) in [6, 6.07) is 1.96. The number of aromatic nitrogens is 2. The van der Waals surface area contributed by atoms with Crippen LogP contribution in [0.1, 0.15) is 32.6 Å². The number of aliphatic hydroxyl groups is 1.